The van der Waals surface area contributed by atoms with Crippen LogP contribution in [-0.4, -0.2) is 5.71 Å². The van der Waals surface area contributed by atoms with Crippen molar-refractivity contribution < 1.29 is 0 Å². The van der Waals surface area contributed by atoms with E-state index in [4.69, 9.17) is 5.84 Å². The Morgan fingerprint density at radius 3 is 2.43 bits per heavy atom. The van der Waals surface area contributed by atoms with Gasteiger partial charge in [-0.3, -0.25) is 0 Å². The van der Waals surface area contributed by atoms with Gasteiger partial charge in [-0.15, -0.1) is 11.3 Å². The van der Waals surface area contributed by atoms with Gasteiger partial charge in [-0.2, -0.15) is 5.10 Å². The van der Waals surface area contributed by atoms with Gasteiger partial charge in [-0.05, 0) is 11.4 Å². The van der Waals surface area contributed by atoms with E-state index in [0.29, 0.717) is 0 Å². The van der Waals surface area contributed by atoms with Crippen LogP contribution in [0.3, 0.4) is 0 Å². The molecule has 0 amide bonds. The van der Waals surface area contributed by atoms with Gasteiger partial charge < -0.3 is 5.84 Å². The van der Waals surface area contributed by atoms with Gasteiger partial charge in [0, 0.05) is 5.56 Å². The SMILES string of the molecule is N/N=C(\c1ccccc1)c1cccs1. The Morgan fingerprint density at radius 2 is 1.86 bits per heavy atom. The van der Waals surface area contributed by atoms with Gasteiger partial charge in [-0.1, -0.05) is 36.4 Å². The van der Waals surface area contributed by atoms with Gasteiger partial charge >= 0.3 is 0 Å². The molecule has 1 aromatic heterocycles. The highest BCUT2D eigenvalue weighted by Gasteiger charge is 2.06. The van der Waals surface area contributed by atoms with Gasteiger partial charge in [0.25, 0.3) is 0 Å². The van der Waals surface area contributed by atoms with Crippen LogP contribution in [0.1, 0.15) is 10.4 Å². The molecular weight excluding hydrogens is 192 g/mol. The summed E-state index contributed by atoms with van der Waals surface area (Å²) in [4.78, 5) is 1.10. The van der Waals surface area contributed by atoms with Crippen molar-refractivity contribution in [1.29, 1.82) is 0 Å². The van der Waals surface area contributed by atoms with Crippen molar-refractivity contribution in [3.05, 3.63) is 58.3 Å². The maximum absolute atomic E-state index is 5.39. The van der Waals surface area contributed by atoms with E-state index in [9.17, 15) is 0 Å². The fourth-order valence-corrected chi connectivity index (χ4v) is 2.03. The molecule has 0 fully saturated rings. The van der Waals surface area contributed by atoms with Crippen LogP contribution in [0.15, 0.2) is 52.9 Å². The number of hydrogen-bond acceptors (Lipinski definition) is 3. The van der Waals surface area contributed by atoms with Gasteiger partial charge in [-0.25, -0.2) is 0 Å². The lowest BCUT2D eigenvalue weighted by Gasteiger charge is -2.01. The molecule has 0 aliphatic heterocycles. The number of nitrogens with two attached hydrogens (primary N) is 1. The molecule has 70 valence electrons. The first-order valence-corrected chi connectivity index (χ1v) is 5.17. The predicted molar refractivity (Wildman–Crippen MR) is 60.6 cm³/mol. The van der Waals surface area contributed by atoms with Crippen molar-refractivity contribution in [1.82, 2.24) is 0 Å². The lowest BCUT2D eigenvalue weighted by Crippen LogP contribution is -2.03. The summed E-state index contributed by atoms with van der Waals surface area (Å²) < 4.78 is 0. The quantitative estimate of drug-likeness (QED) is 0.453. The van der Waals surface area contributed by atoms with Crippen LogP contribution in [0.4, 0.5) is 0 Å². The largest absolute Gasteiger partial charge is 0.323 e. The van der Waals surface area contributed by atoms with E-state index >= 15 is 0 Å². The molecule has 0 aliphatic carbocycles. The van der Waals surface area contributed by atoms with Crippen molar-refractivity contribution in [2.75, 3.05) is 0 Å². The summed E-state index contributed by atoms with van der Waals surface area (Å²) in [6.45, 7) is 0. The maximum Gasteiger partial charge on any atom is 0.107 e. The fraction of sp³-hybridized carbons (Fsp3) is 0. The van der Waals surface area contributed by atoms with E-state index in [1.165, 1.54) is 0 Å². The van der Waals surface area contributed by atoms with Crippen LogP contribution in [0.2, 0.25) is 0 Å². The molecule has 0 saturated heterocycles. The second kappa shape index (κ2) is 4.07. The van der Waals surface area contributed by atoms with Crippen LogP contribution < -0.4 is 5.84 Å². The third kappa shape index (κ3) is 1.67. The normalized spacial score (nSPS) is 11.6. The van der Waals surface area contributed by atoms with Crippen LogP contribution in [0, 0.1) is 0 Å². The Morgan fingerprint density at radius 1 is 1.07 bits per heavy atom. The molecule has 14 heavy (non-hydrogen) atoms. The van der Waals surface area contributed by atoms with Crippen LogP contribution in [-0.2, 0) is 0 Å². The Bertz CT molecular complexity index is 418. The van der Waals surface area contributed by atoms with Crippen molar-refractivity contribution in [2.24, 2.45) is 10.9 Å². The number of benzene rings is 1. The second-order valence-corrected chi connectivity index (χ2v) is 3.77. The van der Waals surface area contributed by atoms with E-state index in [-0.39, 0.29) is 0 Å². The minimum absolute atomic E-state index is 0.848. The van der Waals surface area contributed by atoms with Crippen molar-refractivity contribution in [3.8, 4) is 0 Å². The average Bonchev–Trinajstić information content (AvgIpc) is 2.74. The number of hydrogen-bond donors (Lipinski definition) is 1. The minimum atomic E-state index is 0.848. The molecule has 0 unspecified atom stereocenters. The molecule has 0 bridgehead atoms. The van der Waals surface area contributed by atoms with Gasteiger partial charge in [0.2, 0.25) is 0 Å². The lowest BCUT2D eigenvalue weighted by atomic mass is 10.1. The Hall–Kier alpha value is -1.61. The van der Waals surface area contributed by atoms with Crippen molar-refractivity contribution in [2.45, 2.75) is 0 Å². The third-order valence-corrected chi connectivity index (χ3v) is 2.81. The van der Waals surface area contributed by atoms with Crippen molar-refractivity contribution in [3.63, 3.8) is 0 Å². The standard InChI is InChI=1S/C11H10N2S/c12-13-11(10-7-4-8-14-10)9-5-2-1-3-6-9/h1-8H,12H2/b13-11+. The summed E-state index contributed by atoms with van der Waals surface area (Å²) in [6.07, 6.45) is 0. The average molecular weight is 202 g/mol. The molecule has 1 heterocycles. The summed E-state index contributed by atoms with van der Waals surface area (Å²) in [5.74, 6) is 5.39. The monoisotopic (exact) mass is 202 g/mol. The number of thiophene rings is 1. The van der Waals surface area contributed by atoms with E-state index in [1.807, 2.05) is 47.8 Å². The van der Waals surface area contributed by atoms with Gasteiger partial charge in [0.15, 0.2) is 0 Å². The number of rotatable bonds is 2. The molecule has 2 aromatic rings. The highest BCUT2D eigenvalue weighted by Crippen LogP contribution is 2.15. The molecule has 2 rings (SSSR count). The number of hydrazone groups is 1. The fourth-order valence-electron chi connectivity index (χ4n) is 1.29. The zero-order chi connectivity index (χ0) is 9.80. The van der Waals surface area contributed by atoms with E-state index in [0.717, 1.165) is 16.2 Å². The molecule has 1 aromatic carbocycles. The molecular formula is C11H10N2S. The first-order chi connectivity index (χ1) is 6.92. The lowest BCUT2D eigenvalue weighted by molar-refractivity contribution is 1.25. The molecule has 0 spiro atoms. The topological polar surface area (TPSA) is 38.4 Å². The first kappa shape index (κ1) is 8.97. The van der Waals surface area contributed by atoms with Gasteiger partial charge in [0.05, 0.1) is 4.88 Å². The number of nitrogens with zero attached hydrogens (tertiary/aromatic N) is 1. The van der Waals surface area contributed by atoms with Crippen LogP contribution in [0.5, 0.6) is 0 Å². The summed E-state index contributed by atoms with van der Waals surface area (Å²) >= 11 is 1.64. The van der Waals surface area contributed by atoms with E-state index < -0.39 is 0 Å². The zero-order valence-electron chi connectivity index (χ0n) is 7.55. The molecule has 2 N–H and O–H groups in total. The van der Waals surface area contributed by atoms with Gasteiger partial charge in [0.1, 0.15) is 5.71 Å². The Labute approximate surface area is 86.7 Å². The summed E-state index contributed by atoms with van der Waals surface area (Å²) in [6, 6.07) is 14.0. The first-order valence-electron chi connectivity index (χ1n) is 4.29. The molecule has 2 nitrogen and oxygen atoms in total. The molecule has 0 aliphatic rings. The Balaban J connectivity index is 2.43. The predicted octanol–water partition coefficient (Wildman–Crippen LogP) is 2.46. The highest BCUT2D eigenvalue weighted by atomic mass is 32.1. The van der Waals surface area contributed by atoms with Crippen LogP contribution in [0.25, 0.3) is 0 Å². The van der Waals surface area contributed by atoms with Crippen molar-refractivity contribution >= 4 is 17.0 Å². The van der Waals surface area contributed by atoms with Crippen LogP contribution >= 0.6 is 11.3 Å². The summed E-state index contributed by atoms with van der Waals surface area (Å²) in [7, 11) is 0. The Kier molecular flexibility index (Phi) is 2.60. The molecule has 0 saturated carbocycles. The maximum atomic E-state index is 5.39. The molecule has 0 radical (unpaired) electrons. The third-order valence-electron chi connectivity index (χ3n) is 1.93. The smallest absolute Gasteiger partial charge is 0.107 e. The molecule has 0 atom stereocenters. The van der Waals surface area contributed by atoms with E-state index in [2.05, 4.69) is 5.10 Å². The zero-order valence-corrected chi connectivity index (χ0v) is 8.37. The second-order valence-electron chi connectivity index (χ2n) is 2.82. The highest BCUT2D eigenvalue weighted by molar-refractivity contribution is 7.12. The van der Waals surface area contributed by atoms with E-state index in [1.54, 1.807) is 11.3 Å². The summed E-state index contributed by atoms with van der Waals surface area (Å²) in [5, 5.41) is 5.85. The minimum Gasteiger partial charge on any atom is -0.323 e. The summed E-state index contributed by atoms with van der Waals surface area (Å²) in [5.41, 5.74) is 1.90. The molecule has 3 heteroatoms.